The predicted octanol–water partition coefficient (Wildman–Crippen LogP) is 5.22. The fraction of sp³-hybridized carbons (Fsp3) is 0.667. The Morgan fingerprint density at radius 2 is 2.14 bits per heavy atom. The summed E-state index contributed by atoms with van der Waals surface area (Å²) in [6, 6.07) is 6.58. The molecule has 1 aliphatic carbocycles. The van der Waals surface area contributed by atoms with Crippen molar-refractivity contribution in [3.05, 3.63) is 28.8 Å². The van der Waals surface area contributed by atoms with Crippen LogP contribution in [0.3, 0.4) is 0 Å². The maximum absolute atomic E-state index is 6.33. The minimum Gasteiger partial charge on any atom is -0.495 e. The van der Waals surface area contributed by atoms with E-state index in [-0.39, 0.29) is 0 Å². The fourth-order valence-electron chi connectivity index (χ4n) is 3.73. The highest BCUT2D eigenvalue weighted by Gasteiger charge is 2.37. The zero-order chi connectivity index (χ0) is 15.5. The van der Waals surface area contributed by atoms with Crippen LogP contribution in [-0.4, -0.2) is 13.7 Å². The Morgan fingerprint density at radius 3 is 2.71 bits per heavy atom. The molecule has 1 aromatic carbocycles. The summed E-state index contributed by atoms with van der Waals surface area (Å²) in [4.78, 5) is 0. The molecule has 0 aromatic heterocycles. The molecular formula is C18H28ClNO. The second-order valence-corrected chi connectivity index (χ2v) is 7.18. The quantitative estimate of drug-likeness (QED) is 0.805. The van der Waals surface area contributed by atoms with Crippen molar-refractivity contribution in [1.29, 1.82) is 0 Å². The Balaban J connectivity index is 2.31. The standard InChI is InChI=1S/C18H28ClNO/c1-5-20-17(14-8-6-7-11-18(14,2)3)13-9-10-16(21-4)15(19)12-13/h9-10,12,14,17,20H,5-8,11H2,1-4H3. The van der Waals surface area contributed by atoms with Crippen LogP contribution in [0.15, 0.2) is 18.2 Å². The van der Waals surface area contributed by atoms with Crippen LogP contribution >= 0.6 is 11.6 Å². The Morgan fingerprint density at radius 1 is 1.38 bits per heavy atom. The molecule has 1 N–H and O–H groups in total. The summed E-state index contributed by atoms with van der Waals surface area (Å²) >= 11 is 6.33. The van der Waals surface area contributed by atoms with Crippen LogP contribution in [0.4, 0.5) is 0 Å². The maximum atomic E-state index is 6.33. The van der Waals surface area contributed by atoms with E-state index in [1.54, 1.807) is 7.11 Å². The van der Waals surface area contributed by atoms with Crippen molar-refractivity contribution in [3.63, 3.8) is 0 Å². The summed E-state index contributed by atoms with van der Waals surface area (Å²) in [7, 11) is 1.66. The van der Waals surface area contributed by atoms with Gasteiger partial charge in [0.1, 0.15) is 5.75 Å². The fourth-order valence-corrected chi connectivity index (χ4v) is 3.99. The number of hydrogen-bond donors (Lipinski definition) is 1. The highest BCUT2D eigenvalue weighted by Crippen LogP contribution is 2.47. The van der Waals surface area contributed by atoms with E-state index in [2.05, 4.69) is 38.2 Å². The lowest BCUT2D eigenvalue weighted by Crippen LogP contribution is -2.39. The SMILES string of the molecule is CCNC(c1ccc(OC)c(Cl)c1)C1CCCCC1(C)C. The van der Waals surface area contributed by atoms with Gasteiger partial charge in [-0.3, -0.25) is 0 Å². The number of methoxy groups -OCH3 is 1. The van der Waals surface area contributed by atoms with Gasteiger partial charge in [0.15, 0.2) is 0 Å². The van der Waals surface area contributed by atoms with Gasteiger partial charge < -0.3 is 10.1 Å². The Hall–Kier alpha value is -0.730. The van der Waals surface area contributed by atoms with Crippen LogP contribution in [-0.2, 0) is 0 Å². The average molecular weight is 310 g/mol. The van der Waals surface area contributed by atoms with Gasteiger partial charge in [0, 0.05) is 6.04 Å². The van der Waals surface area contributed by atoms with Gasteiger partial charge >= 0.3 is 0 Å². The van der Waals surface area contributed by atoms with E-state index >= 15 is 0 Å². The molecular weight excluding hydrogens is 282 g/mol. The second-order valence-electron chi connectivity index (χ2n) is 6.77. The van der Waals surface area contributed by atoms with E-state index in [1.165, 1.54) is 31.2 Å². The van der Waals surface area contributed by atoms with Crippen LogP contribution in [0, 0.1) is 11.3 Å². The number of nitrogens with one attached hydrogen (secondary N) is 1. The first-order valence-electron chi connectivity index (χ1n) is 8.06. The molecule has 21 heavy (non-hydrogen) atoms. The van der Waals surface area contributed by atoms with Crippen LogP contribution in [0.1, 0.15) is 58.1 Å². The lowest BCUT2D eigenvalue weighted by Gasteiger charge is -2.43. The van der Waals surface area contributed by atoms with Crippen LogP contribution in [0.25, 0.3) is 0 Å². The van der Waals surface area contributed by atoms with E-state index in [1.807, 2.05) is 6.07 Å². The number of rotatable bonds is 5. The predicted molar refractivity (Wildman–Crippen MR) is 90.2 cm³/mol. The summed E-state index contributed by atoms with van der Waals surface area (Å²) in [5.74, 6) is 1.40. The van der Waals surface area contributed by atoms with Crippen molar-refractivity contribution in [2.24, 2.45) is 11.3 Å². The van der Waals surface area contributed by atoms with E-state index in [4.69, 9.17) is 16.3 Å². The molecule has 1 saturated carbocycles. The van der Waals surface area contributed by atoms with Crippen molar-refractivity contribution in [1.82, 2.24) is 5.32 Å². The van der Waals surface area contributed by atoms with Gasteiger partial charge in [-0.25, -0.2) is 0 Å². The van der Waals surface area contributed by atoms with Crippen molar-refractivity contribution in [2.75, 3.05) is 13.7 Å². The molecule has 0 spiro atoms. The van der Waals surface area contributed by atoms with Crippen molar-refractivity contribution < 1.29 is 4.74 Å². The van der Waals surface area contributed by atoms with Crippen LogP contribution in [0.5, 0.6) is 5.75 Å². The van der Waals surface area contributed by atoms with Crippen molar-refractivity contribution >= 4 is 11.6 Å². The summed E-state index contributed by atoms with van der Waals surface area (Å²) in [5.41, 5.74) is 1.65. The van der Waals surface area contributed by atoms with Gasteiger partial charge in [0.25, 0.3) is 0 Å². The first-order valence-corrected chi connectivity index (χ1v) is 8.44. The maximum Gasteiger partial charge on any atom is 0.137 e. The second kappa shape index (κ2) is 7.02. The molecule has 0 heterocycles. The molecule has 1 fully saturated rings. The first-order chi connectivity index (χ1) is 9.99. The van der Waals surface area contributed by atoms with Gasteiger partial charge in [-0.15, -0.1) is 0 Å². The number of ether oxygens (including phenoxy) is 1. The summed E-state index contributed by atoms with van der Waals surface area (Å²) in [6.07, 6.45) is 5.28. The Kier molecular flexibility index (Phi) is 5.56. The molecule has 2 unspecified atom stereocenters. The zero-order valence-electron chi connectivity index (χ0n) is 13.7. The monoisotopic (exact) mass is 309 g/mol. The molecule has 1 aromatic rings. The van der Waals surface area contributed by atoms with E-state index in [9.17, 15) is 0 Å². The van der Waals surface area contributed by atoms with Crippen molar-refractivity contribution in [3.8, 4) is 5.75 Å². The molecule has 1 aliphatic rings. The largest absolute Gasteiger partial charge is 0.495 e. The molecule has 2 atom stereocenters. The van der Waals surface area contributed by atoms with Gasteiger partial charge in [-0.2, -0.15) is 0 Å². The molecule has 2 rings (SSSR count). The van der Waals surface area contributed by atoms with E-state index in [0.29, 0.717) is 22.4 Å². The highest BCUT2D eigenvalue weighted by atomic mass is 35.5. The normalized spacial score (nSPS) is 22.8. The van der Waals surface area contributed by atoms with E-state index in [0.717, 1.165) is 12.3 Å². The minimum atomic E-state index is 0.369. The van der Waals surface area contributed by atoms with Crippen LogP contribution in [0.2, 0.25) is 5.02 Å². The third kappa shape index (κ3) is 3.73. The third-order valence-electron chi connectivity index (χ3n) is 4.95. The van der Waals surface area contributed by atoms with Gasteiger partial charge in [-0.1, -0.05) is 51.3 Å². The molecule has 0 radical (unpaired) electrons. The summed E-state index contributed by atoms with van der Waals surface area (Å²) < 4.78 is 5.27. The smallest absolute Gasteiger partial charge is 0.137 e. The molecule has 0 aliphatic heterocycles. The summed E-state index contributed by atoms with van der Waals surface area (Å²) in [6.45, 7) is 7.97. The Labute approximate surface area is 134 Å². The molecule has 0 saturated heterocycles. The number of hydrogen-bond acceptors (Lipinski definition) is 2. The number of halogens is 1. The number of benzene rings is 1. The molecule has 0 amide bonds. The molecule has 2 nitrogen and oxygen atoms in total. The van der Waals surface area contributed by atoms with E-state index < -0.39 is 0 Å². The summed E-state index contributed by atoms with van der Waals surface area (Å²) in [5, 5.41) is 4.39. The zero-order valence-corrected chi connectivity index (χ0v) is 14.5. The lowest BCUT2D eigenvalue weighted by atomic mass is 9.65. The molecule has 118 valence electrons. The first kappa shape index (κ1) is 16.6. The molecule has 0 bridgehead atoms. The van der Waals surface area contributed by atoms with Gasteiger partial charge in [0.05, 0.1) is 12.1 Å². The van der Waals surface area contributed by atoms with Gasteiger partial charge in [0.2, 0.25) is 0 Å². The minimum absolute atomic E-state index is 0.369. The highest BCUT2D eigenvalue weighted by molar-refractivity contribution is 6.32. The lowest BCUT2D eigenvalue weighted by molar-refractivity contribution is 0.0988. The van der Waals surface area contributed by atoms with Gasteiger partial charge in [-0.05, 0) is 48.4 Å². The van der Waals surface area contributed by atoms with Crippen LogP contribution < -0.4 is 10.1 Å². The third-order valence-corrected chi connectivity index (χ3v) is 5.25. The average Bonchev–Trinajstić information content (AvgIpc) is 2.45. The van der Waals surface area contributed by atoms with Crippen molar-refractivity contribution in [2.45, 2.75) is 52.5 Å². The molecule has 3 heteroatoms. The topological polar surface area (TPSA) is 21.3 Å². The Bertz CT molecular complexity index is 472.